The lowest BCUT2D eigenvalue weighted by Crippen LogP contribution is -2.15. The van der Waals surface area contributed by atoms with Crippen molar-refractivity contribution in [3.63, 3.8) is 0 Å². The molecule has 96 valence electrons. The molecule has 0 aliphatic rings. The summed E-state index contributed by atoms with van der Waals surface area (Å²) in [5.74, 6) is 0.0785. The molecule has 2 rings (SSSR count). The fourth-order valence-corrected chi connectivity index (χ4v) is 1.89. The fourth-order valence-electron chi connectivity index (χ4n) is 1.89. The molecule has 0 saturated carbocycles. The van der Waals surface area contributed by atoms with Gasteiger partial charge in [0.15, 0.2) is 0 Å². The van der Waals surface area contributed by atoms with E-state index >= 15 is 0 Å². The van der Waals surface area contributed by atoms with Gasteiger partial charge in [0.1, 0.15) is 0 Å². The second kappa shape index (κ2) is 4.90. The van der Waals surface area contributed by atoms with Crippen LogP contribution in [0.4, 0.5) is 0 Å². The van der Waals surface area contributed by atoms with Gasteiger partial charge in [-0.25, -0.2) is 0 Å². The van der Waals surface area contributed by atoms with Crippen LogP contribution in [0.3, 0.4) is 0 Å². The molecule has 2 aromatic rings. The van der Waals surface area contributed by atoms with E-state index in [1.165, 1.54) is 0 Å². The zero-order chi connectivity index (χ0) is 13.2. The normalized spacial score (nSPS) is 13.6. The Bertz CT molecular complexity index is 496. The van der Waals surface area contributed by atoms with Gasteiger partial charge in [0.05, 0.1) is 17.3 Å². The molecule has 18 heavy (non-hydrogen) atoms. The highest BCUT2D eigenvalue weighted by Gasteiger charge is 2.21. The number of aromatic amines is 1. The lowest BCUT2D eigenvalue weighted by molar-refractivity contribution is 0.567. The zero-order valence-corrected chi connectivity index (χ0v) is 11.1. The molecular weight excluding hydrogens is 224 g/mol. The molecule has 0 spiro atoms. The van der Waals surface area contributed by atoms with Crippen molar-refractivity contribution in [1.29, 1.82) is 0 Å². The van der Waals surface area contributed by atoms with Crippen molar-refractivity contribution >= 4 is 0 Å². The van der Waals surface area contributed by atoms with Crippen molar-refractivity contribution < 1.29 is 0 Å². The summed E-state index contributed by atoms with van der Waals surface area (Å²) >= 11 is 0. The SMILES string of the molecule is CC(C)(C)c1cc(C(CN)c2ccccn2)[nH]n1. The number of nitrogens with two attached hydrogens (primary N) is 1. The van der Waals surface area contributed by atoms with Gasteiger partial charge in [-0.05, 0) is 18.2 Å². The van der Waals surface area contributed by atoms with E-state index in [4.69, 9.17) is 5.73 Å². The molecule has 4 nitrogen and oxygen atoms in total. The summed E-state index contributed by atoms with van der Waals surface area (Å²) in [7, 11) is 0. The lowest BCUT2D eigenvalue weighted by atomic mass is 9.91. The number of rotatable bonds is 3. The lowest BCUT2D eigenvalue weighted by Gasteiger charge is -2.14. The van der Waals surface area contributed by atoms with E-state index in [1.54, 1.807) is 6.20 Å². The number of hydrogen-bond donors (Lipinski definition) is 2. The molecule has 4 heteroatoms. The predicted octanol–water partition coefficient (Wildman–Crippen LogP) is 2.19. The van der Waals surface area contributed by atoms with E-state index in [1.807, 2.05) is 18.2 Å². The molecule has 2 heterocycles. The number of aromatic nitrogens is 3. The van der Waals surface area contributed by atoms with Crippen LogP contribution in [-0.4, -0.2) is 21.7 Å². The second-order valence-corrected chi connectivity index (χ2v) is 5.50. The molecule has 1 atom stereocenters. The highest BCUT2D eigenvalue weighted by molar-refractivity contribution is 5.26. The third kappa shape index (κ3) is 2.59. The van der Waals surface area contributed by atoms with Gasteiger partial charge in [0, 0.05) is 23.9 Å². The Morgan fingerprint density at radius 2 is 2.11 bits per heavy atom. The number of pyridine rings is 1. The molecule has 0 bridgehead atoms. The predicted molar refractivity (Wildman–Crippen MR) is 72.4 cm³/mol. The van der Waals surface area contributed by atoms with Crippen LogP contribution in [0.2, 0.25) is 0 Å². The Morgan fingerprint density at radius 3 is 2.61 bits per heavy atom. The first-order valence-corrected chi connectivity index (χ1v) is 6.19. The van der Waals surface area contributed by atoms with Crippen molar-refractivity contribution in [2.45, 2.75) is 32.1 Å². The number of nitrogens with zero attached hydrogens (tertiary/aromatic N) is 2. The highest BCUT2D eigenvalue weighted by Crippen LogP contribution is 2.25. The first-order chi connectivity index (χ1) is 8.52. The van der Waals surface area contributed by atoms with Gasteiger partial charge in [-0.2, -0.15) is 5.10 Å². The van der Waals surface area contributed by atoms with Gasteiger partial charge in [-0.15, -0.1) is 0 Å². The summed E-state index contributed by atoms with van der Waals surface area (Å²) in [6.07, 6.45) is 1.79. The monoisotopic (exact) mass is 244 g/mol. The number of H-pyrrole nitrogens is 1. The van der Waals surface area contributed by atoms with Crippen molar-refractivity contribution in [2.75, 3.05) is 6.54 Å². The van der Waals surface area contributed by atoms with E-state index < -0.39 is 0 Å². The number of nitrogens with one attached hydrogen (secondary N) is 1. The van der Waals surface area contributed by atoms with Crippen molar-refractivity contribution in [3.05, 3.63) is 47.5 Å². The molecule has 0 saturated heterocycles. The first kappa shape index (κ1) is 12.8. The molecule has 0 aliphatic carbocycles. The average molecular weight is 244 g/mol. The molecular formula is C14H20N4. The Morgan fingerprint density at radius 1 is 1.33 bits per heavy atom. The molecule has 3 N–H and O–H groups in total. The quantitative estimate of drug-likeness (QED) is 0.869. The van der Waals surface area contributed by atoms with Crippen LogP contribution >= 0.6 is 0 Å². The maximum absolute atomic E-state index is 5.87. The van der Waals surface area contributed by atoms with Crippen molar-refractivity contribution in [3.8, 4) is 0 Å². The van der Waals surface area contributed by atoms with E-state index in [0.29, 0.717) is 6.54 Å². The topological polar surface area (TPSA) is 67.6 Å². The molecule has 0 amide bonds. The summed E-state index contributed by atoms with van der Waals surface area (Å²) in [4.78, 5) is 4.37. The van der Waals surface area contributed by atoms with E-state index in [9.17, 15) is 0 Å². The maximum atomic E-state index is 5.87. The van der Waals surface area contributed by atoms with Crippen LogP contribution in [-0.2, 0) is 5.41 Å². The Kier molecular flexibility index (Phi) is 3.48. The van der Waals surface area contributed by atoms with Crippen molar-refractivity contribution in [2.24, 2.45) is 5.73 Å². The van der Waals surface area contributed by atoms with Crippen LogP contribution in [0, 0.1) is 0 Å². The second-order valence-electron chi connectivity index (χ2n) is 5.50. The summed E-state index contributed by atoms with van der Waals surface area (Å²) in [6, 6.07) is 7.97. The van der Waals surface area contributed by atoms with Gasteiger partial charge in [-0.3, -0.25) is 10.1 Å². The molecule has 0 aromatic carbocycles. The summed E-state index contributed by atoms with van der Waals surface area (Å²) in [5, 5.41) is 7.47. The Hall–Kier alpha value is -1.68. The summed E-state index contributed by atoms with van der Waals surface area (Å²) in [6.45, 7) is 6.95. The van der Waals surface area contributed by atoms with Crippen LogP contribution in [0.5, 0.6) is 0 Å². The molecule has 0 fully saturated rings. The Balaban J connectivity index is 2.32. The smallest absolute Gasteiger partial charge is 0.0678 e. The minimum Gasteiger partial charge on any atom is -0.329 e. The third-order valence-electron chi connectivity index (χ3n) is 3.02. The van der Waals surface area contributed by atoms with Crippen LogP contribution in [0.1, 0.15) is 43.8 Å². The van der Waals surface area contributed by atoms with E-state index in [0.717, 1.165) is 17.1 Å². The minimum atomic E-state index is 0.0397. The fraction of sp³-hybridized carbons (Fsp3) is 0.429. The molecule has 0 radical (unpaired) electrons. The standard InChI is InChI=1S/C14H20N4/c1-14(2,3)13-8-12(17-18-13)10(9-15)11-6-4-5-7-16-11/h4-8,10H,9,15H2,1-3H3,(H,17,18). The molecule has 1 unspecified atom stereocenters. The molecule has 0 aliphatic heterocycles. The van der Waals surface area contributed by atoms with Crippen LogP contribution in [0.15, 0.2) is 30.5 Å². The Labute approximate surface area is 108 Å². The van der Waals surface area contributed by atoms with Gasteiger partial charge < -0.3 is 5.73 Å². The molecule has 2 aromatic heterocycles. The van der Waals surface area contributed by atoms with E-state index in [2.05, 4.69) is 42.0 Å². The van der Waals surface area contributed by atoms with Crippen molar-refractivity contribution in [1.82, 2.24) is 15.2 Å². The first-order valence-electron chi connectivity index (χ1n) is 6.19. The maximum Gasteiger partial charge on any atom is 0.0678 e. The largest absolute Gasteiger partial charge is 0.329 e. The van der Waals surface area contributed by atoms with Gasteiger partial charge in [-0.1, -0.05) is 26.8 Å². The summed E-state index contributed by atoms with van der Waals surface area (Å²) in [5.41, 5.74) is 8.96. The minimum absolute atomic E-state index is 0.0397. The van der Waals surface area contributed by atoms with Gasteiger partial charge in [0.25, 0.3) is 0 Å². The van der Waals surface area contributed by atoms with Gasteiger partial charge in [0.2, 0.25) is 0 Å². The van der Waals surface area contributed by atoms with Gasteiger partial charge >= 0.3 is 0 Å². The van der Waals surface area contributed by atoms with Crippen LogP contribution in [0.25, 0.3) is 0 Å². The van der Waals surface area contributed by atoms with Crippen LogP contribution < -0.4 is 5.73 Å². The highest BCUT2D eigenvalue weighted by atomic mass is 15.1. The number of hydrogen-bond acceptors (Lipinski definition) is 3. The summed E-state index contributed by atoms with van der Waals surface area (Å²) < 4.78 is 0. The third-order valence-corrected chi connectivity index (χ3v) is 3.02. The zero-order valence-electron chi connectivity index (χ0n) is 11.1. The van der Waals surface area contributed by atoms with E-state index in [-0.39, 0.29) is 11.3 Å². The average Bonchev–Trinajstić information content (AvgIpc) is 2.81.